The van der Waals surface area contributed by atoms with Gasteiger partial charge in [0.05, 0.1) is 6.54 Å². The zero-order valence-electron chi connectivity index (χ0n) is 6.73. The minimum absolute atomic E-state index is 0.0850. The molecule has 0 aromatic rings. The molecule has 1 saturated heterocycles. The lowest BCUT2D eigenvalue weighted by Crippen LogP contribution is -2.50. The molecule has 0 amide bonds. The molecule has 13 heavy (non-hydrogen) atoms. The molecule has 0 aromatic carbocycles. The maximum absolute atomic E-state index is 10.8. The molecule has 1 aliphatic rings. The van der Waals surface area contributed by atoms with Gasteiger partial charge in [-0.05, 0) is 0 Å². The number of nitrogens with two attached hydrogens (primary N) is 2. The molecule has 1 fully saturated rings. The molecule has 2 atom stereocenters. The van der Waals surface area contributed by atoms with Crippen molar-refractivity contribution in [3.05, 3.63) is 0 Å². The maximum atomic E-state index is 10.8. The third-order valence-electron chi connectivity index (χ3n) is 1.22. The van der Waals surface area contributed by atoms with Gasteiger partial charge < -0.3 is 11.1 Å². The topological polar surface area (TPSA) is 117 Å². The highest BCUT2D eigenvalue weighted by Gasteiger charge is 2.43. The van der Waals surface area contributed by atoms with Gasteiger partial charge in [-0.25, -0.2) is 16.8 Å². The summed E-state index contributed by atoms with van der Waals surface area (Å²) in [6.07, 6.45) is 0. The minimum atomic E-state index is -1.99. The van der Waals surface area contributed by atoms with E-state index in [9.17, 15) is 8.42 Å². The summed E-state index contributed by atoms with van der Waals surface area (Å²) in [6, 6.07) is 0. The van der Waals surface area contributed by atoms with Gasteiger partial charge in [-0.3, -0.25) is 5.73 Å². The van der Waals surface area contributed by atoms with E-state index in [0.717, 1.165) is 0 Å². The summed E-state index contributed by atoms with van der Waals surface area (Å²) < 4.78 is 30.8. The van der Waals surface area contributed by atoms with Gasteiger partial charge in [0.1, 0.15) is 0 Å². The second-order valence-electron chi connectivity index (χ2n) is 2.35. The van der Waals surface area contributed by atoms with Crippen molar-refractivity contribution in [2.24, 2.45) is 11.5 Å². The highest BCUT2D eigenvalue weighted by molar-refractivity contribution is 8.57. The Morgan fingerprint density at radius 3 is 2.31 bits per heavy atom. The van der Waals surface area contributed by atoms with Crippen molar-refractivity contribution in [2.75, 3.05) is 19.6 Å². The van der Waals surface area contributed by atoms with Crippen molar-refractivity contribution in [3.8, 4) is 0 Å². The fraction of sp³-hybridized carbons (Fsp3) is 1.00. The molecule has 0 radical (unpaired) electrons. The van der Waals surface area contributed by atoms with E-state index in [1.54, 1.807) is 0 Å². The van der Waals surface area contributed by atoms with Crippen LogP contribution in [0.4, 0.5) is 0 Å². The van der Waals surface area contributed by atoms with Crippen molar-refractivity contribution in [3.63, 3.8) is 0 Å². The molecular weight excluding hydrogens is 218 g/mol. The van der Waals surface area contributed by atoms with Crippen molar-refractivity contribution in [2.45, 2.75) is 5.91 Å². The van der Waals surface area contributed by atoms with Crippen LogP contribution in [0.3, 0.4) is 0 Å². The summed E-state index contributed by atoms with van der Waals surface area (Å²) in [5.41, 5.74) is 10.7. The second-order valence-corrected chi connectivity index (χ2v) is 5.14. The molecule has 2 unspecified atom stereocenters. The third-order valence-corrected chi connectivity index (χ3v) is 3.36. The van der Waals surface area contributed by atoms with E-state index >= 15 is 0 Å². The largest absolute Gasteiger partial charge is 0.329 e. The third kappa shape index (κ3) is 3.06. The summed E-state index contributed by atoms with van der Waals surface area (Å²) in [7, 11) is -3.98. The number of rotatable bonds is 4. The molecule has 5 N–H and O–H groups in total. The first-order chi connectivity index (χ1) is 6.07. The van der Waals surface area contributed by atoms with Gasteiger partial charge in [-0.2, -0.15) is 0 Å². The van der Waals surface area contributed by atoms with Gasteiger partial charge in [0.15, 0.2) is 0 Å². The molecule has 0 saturated carbocycles. The fourth-order valence-corrected chi connectivity index (χ4v) is 2.55. The first-order valence-corrected chi connectivity index (χ1v) is 6.17. The van der Waals surface area contributed by atoms with E-state index in [1.807, 2.05) is 0 Å². The molecule has 1 heterocycles. The molecule has 0 spiro atoms. The molecule has 0 aromatic heterocycles. The number of nitrogens with one attached hydrogen (secondary N) is 1. The summed E-state index contributed by atoms with van der Waals surface area (Å²) in [5, 5.41) is 2.79. The summed E-state index contributed by atoms with van der Waals surface area (Å²) in [6.45, 7) is 1.04. The number of hydrogen-bond acceptors (Lipinski definition) is 7. The average molecular weight is 229 g/mol. The van der Waals surface area contributed by atoms with Crippen LogP contribution in [0, 0.1) is 0 Å². The monoisotopic (exact) mass is 229 g/mol. The van der Waals surface area contributed by atoms with Crippen LogP contribution in [-0.2, 0) is 28.6 Å². The van der Waals surface area contributed by atoms with Crippen LogP contribution < -0.4 is 16.8 Å². The summed E-state index contributed by atoms with van der Waals surface area (Å²) in [4.78, 5) is 0. The molecule has 1 rings (SSSR count). The Bertz CT molecular complexity index is 219. The van der Waals surface area contributed by atoms with E-state index in [4.69, 9.17) is 11.5 Å². The summed E-state index contributed by atoms with van der Waals surface area (Å²) >= 11 is 0. The molecule has 0 bridgehead atoms. The predicted molar refractivity (Wildman–Crippen MR) is 47.3 cm³/mol. The van der Waals surface area contributed by atoms with E-state index in [1.165, 1.54) is 0 Å². The van der Waals surface area contributed by atoms with Crippen LogP contribution >= 0.6 is 0 Å². The van der Waals surface area contributed by atoms with Crippen LogP contribution in [0.2, 0.25) is 0 Å². The highest BCUT2D eigenvalue weighted by Crippen LogP contribution is 2.20. The van der Waals surface area contributed by atoms with Crippen LogP contribution in [0.5, 0.6) is 0 Å². The summed E-state index contributed by atoms with van der Waals surface area (Å²) in [5.74, 6) is -1.58. The maximum Gasteiger partial charge on any atom is 0.281 e. The quantitative estimate of drug-likeness (QED) is 0.358. The van der Waals surface area contributed by atoms with Gasteiger partial charge in [-0.15, -0.1) is 0 Å². The Hall–Kier alpha value is 0.1000. The van der Waals surface area contributed by atoms with E-state index < -0.39 is 26.1 Å². The lowest BCUT2D eigenvalue weighted by molar-refractivity contribution is -0.0724. The molecular formula is C4H11N3O4S2. The van der Waals surface area contributed by atoms with Gasteiger partial charge in [0, 0.05) is 13.1 Å². The van der Waals surface area contributed by atoms with Crippen molar-refractivity contribution < 1.29 is 16.8 Å². The van der Waals surface area contributed by atoms with Crippen molar-refractivity contribution in [1.82, 2.24) is 5.32 Å². The minimum Gasteiger partial charge on any atom is -0.329 e. The second kappa shape index (κ2) is 4.55. The van der Waals surface area contributed by atoms with E-state index in [-0.39, 0.29) is 6.54 Å². The van der Waals surface area contributed by atoms with Crippen LogP contribution in [-0.4, -0.2) is 34.0 Å². The average Bonchev–Trinajstić information content (AvgIpc) is 2.27. The lowest BCUT2D eigenvalue weighted by Gasteiger charge is -2.18. The lowest BCUT2D eigenvalue weighted by atomic mass is 10.5. The van der Waals surface area contributed by atoms with Crippen molar-refractivity contribution in [1.29, 1.82) is 0 Å². The molecule has 7 nitrogen and oxygen atoms in total. The van der Waals surface area contributed by atoms with Crippen LogP contribution in [0.25, 0.3) is 0 Å². The molecule has 9 heteroatoms. The van der Waals surface area contributed by atoms with E-state index in [2.05, 4.69) is 13.7 Å². The first-order valence-electron chi connectivity index (χ1n) is 3.50. The van der Waals surface area contributed by atoms with Crippen LogP contribution in [0.1, 0.15) is 0 Å². The molecule has 1 aliphatic heterocycles. The first kappa shape index (κ1) is 11.2. The Labute approximate surface area is 79.9 Å². The van der Waals surface area contributed by atoms with Gasteiger partial charge >= 0.3 is 0 Å². The predicted octanol–water partition coefficient (Wildman–Crippen LogP) is -2.56. The fourth-order valence-electron chi connectivity index (χ4n) is 0.723. The van der Waals surface area contributed by atoms with Gasteiger partial charge in [0.2, 0.25) is 0 Å². The van der Waals surface area contributed by atoms with Crippen LogP contribution in [0.15, 0.2) is 0 Å². The standard InChI is InChI=1S/C4H11N3O4S2/c5-1-2-7-3-4(6)10-12(8)13(9)11-4/h7H,1-3,5-6H2. The van der Waals surface area contributed by atoms with Gasteiger partial charge in [-0.1, -0.05) is 0 Å². The SMILES string of the molecule is NCCNCC1(N)OS(=O)S(=O)O1. The zero-order chi connectivity index (χ0) is 9.90. The smallest absolute Gasteiger partial charge is 0.281 e. The Morgan fingerprint density at radius 1 is 1.31 bits per heavy atom. The Morgan fingerprint density at radius 2 is 1.85 bits per heavy atom. The Kier molecular flexibility index (Phi) is 3.91. The normalized spacial score (nSPS) is 39.5. The molecule has 0 aliphatic carbocycles. The van der Waals surface area contributed by atoms with Crippen molar-refractivity contribution >= 4 is 20.2 Å². The Balaban J connectivity index is 2.40. The zero-order valence-corrected chi connectivity index (χ0v) is 8.36. The molecule has 78 valence electrons. The van der Waals surface area contributed by atoms with Gasteiger partial charge in [0.25, 0.3) is 26.1 Å². The van der Waals surface area contributed by atoms with E-state index in [0.29, 0.717) is 13.1 Å². The number of hydrogen-bond donors (Lipinski definition) is 3. The highest BCUT2D eigenvalue weighted by atomic mass is 33.2.